The van der Waals surface area contributed by atoms with E-state index in [1.54, 1.807) is 35.9 Å². The van der Waals surface area contributed by atoms with Crippen molar-refractivity contribution in [3.8, 4) is 34.2 Å². The number of para-hydroxylation sites is 1. The van der Waals surface area contributed by atoms with Crippen LogP contribution < -0.4 is 29.1 Å². The summed E-state index contributed by atoms with van der Waals surface area (Å²) in [6, 6.07) is 21.3. The molecular weight excluding hydrogens is 632 g/mol. The van der Waals surface area contributed by atoms with Gasteiger partial charge in [0.25, 0.3) is 5.56 Å². The van der Waals surface area contributed by atoms with Crippen LogP contribution in [0.25, 0.3) is 23.0 Å². The van der Waals surface area contributed by atoms with Crippen molar-refractivity contribution < 1.29 is 28.5 Å². The molecule has 0 spiro atoms. The molecule has 0 radical (unpaired) electrons. The summed E-state index contributed by atoms with van der Waals surface area (Å²) in [5.41, 5.74) is 3.87. The fraction of sp³-hybridized carbons (Fsp3) is 0.194. The van der Waals surface area contributed by atoms with Crippen LogP contribution in [0, 0.1) is 0 Å². The summed E-state index contributed by atoms with van der Waals surface area (Å²) in [6.07, 6.45) is 3.67. The summed E-state index contributed by atoms with van der Waals surface area (Å²) in [5, 5.41) is 4.90. The van der Waals surface area contributed by atoms with E-state index in [9.17, 15) is 14.4 Å². The van der Waals surface area contributed by atoms with Crippen LogP contribution in [0.15, 0.2) is 100 Å². The summed E-state index contributed by atoms with van der Waals surface area (Å²) in [6.45, 7) is 5.47. The lowest BCUT2D eigenvalue weighted by atomic mass is 9.95. The number of allylic oxidation sites excluding steroid dienone is 1. The second-order valence-electron chi connectivity index (χ2n) is 10.7. The molecule has 2 aromatic heterocycles. The van der Waals surface area contributed by atoms with E-state index in [1.165, 1.54) is 37.0 Å². The minimum atomic E-state index is -0.895. The minimum absolute atomic E-state index is 0.200. The first kappa shape index (κ1) is 32.2. The van der Waals surface area contributed by atoms with Crippen LogP contribution in [0.4, 0.5) is 0 Å². The zero-order chi connectivity index (χ0) is 33.9. The monoisotopic (exact) mass is 664 g/mol. The number of carbonyl (C=O) groups is 2. The molecule has 6 rings (SSSR count). The molecule has 5 aromatic rings. The summed E-state index contributed by atoms with van der Waals surface area (Å²) < 4.78 is 25.2. The van der Waals surface area contributed by atoms with E-state index in [2.05, 4.69) is 4.99 Å². The molecule has 1 atom stereocenters. The lowest BCUT2D eigenvalue weighted by molar-refractivity contribution is -0.136. The highest BCUT2D eigenvalue weighted by Crippen LogP contribution is 2.36. The van der Waals surface area contributed by atoms with Crippen molar-refractivity contribution in [2.24, 2.45) is 4.99 Å². The van der Waals surface area contributed by atoms with Crippen molar-refractivity contribution in [1.29, 1.82) is 0 Å². The Kier molecular flexibility index (Phi) is 9.08. The van der Waals surface area contributed by atoms with Crippen LogP contribution in [0.2, 0.25) is 0 Å². The highest BCUT2D eigenvalue weighted by atomic mass is 32.1. The van der Waals surface area contributed by atoms with Crippen LogP contribution in [-0.2, 0) is 14.3 Å². The molecule has 244 valence electrons. The number of esters is 2. The Morgan fingerprint density at radius 2 is 1.75 bits per heavy atom. The Morgan fingerprint density at radius 1 is 1.00 bits per heavy atom. The maximum absolute atomic E-state index is 14.3. The number of nitrogens with zero attached hydrogens (tertiary/aromatic N) is 4. The van der Waals surface area contributed by atoms with Crippen molar-refractivity contribution in [3.63, 3.8) is 0 Å². The van der Waals surface area contributed by atoms with E-state index >= 15 is 0 Å². The van der Waals surface area contributed by atoms with Gasteiger partial charge < -0.3 is 18.9 Å². The van der Waals surface area contributed by atoms with Gasteiger partial charge in [-0.25, -0.2) is 14.5 Å². The number of aromatic nitrogens is 3. The predicted octanol–water partition coefficient (Wildman–Crippen LogP) is 4.59. The first-order valence-corrected chi connectivity index (χ1v) is 15.9. The molecule has 0 fully saturated rings. The van der Waals surface area contributed by atoms with Gasteiger partial charge >= 0.3 is 11.9 Å². The Balaban J connectivity index is 1.54. The molecule has 1 aliphatic rings. The number of fused-ring (bicyclic) bond motifs is 1. The molecule has 3 heterocycles. The van der Waals surface area contributed by atoms with Crippen molar-refractivity contribution in [2.75, 3.05) is 20.8 Å². The van der Waals surface area contributed by atoms with Crippen molar-refractivity contribution in [3.05, 3.63) is 121 Å². The average Bonchev–Trinajstić information content (AvgIpc) is 3.65. The molecule has 48 heavy (non-hydrogen) atoms. The smallest absolute Gasteiger partial charge is 0.338 e. The zero-order valence-corrected chi connectivity index (χ0v) is 27.7. The standard InChI is InChI=1S/C36H32N4O7S/c1-6-46-27-15-12-23(13-16-27)32-25(20-39(38-32)26-10-8-7-9-11-26)19-30-34(42)40-33(31(35(43)45-5)21(2)37-36(40)48-30)24-14-17-28(47-22(3)41)29(18-24)44-4/h7-20,33H,6H2,1-5H3/b30-19-/t33-/m1/s1. The van der Waals surface area contributed by atoms with Gasteiger partial charge in [-0.05, 0) is 74.0 Å². The normalized spacial score (nSPS) is 14.3. The van der Waals surface area contributed by atoms with Gasteiger partial charge in [-0.3, -0.25) is 14.2 Å². The fourth-order valence-electron chi connectivity index (χ4n) is 5.55. The second kappa shape index (κ2) is 13.5. The molecule has 0 bridgehead atoms. The second-order valence-corrected chi connectivity index (χ2v) is 11.8. The molecule has 0 N–H and O–H groups in total. The number of hydrogen-bond donors (Lipinski definition) is 0. The molecule has 3 aromatic carbocycles. The molecule has 0 amide bonds. The summed E-state index contributed by atoms with van der Waals surface area (Å²) >= 11 is 1.20. The summed E-state index contributed by atoms with van der Waals surface area (Å²) in [7, 11) is 2.72. The van der Waals surface area contributed by atoms with Crippen molar-refractivity contribution in [1.82, 2.24) is 14.3 Å². The Morgan fingerprint density at radius 3 is 2.42 bits per heavy atom. The Labute approximate surface area is 279 Å². The first-order chi connectivity index (χ1) is 23.2. The van der Waals surface area contributed by atoms with Crippen molar-refractivity contribution in [2.45, 2.75) is 26.8 Å². The largest absolute Gasteiger partial charge is 0.494 e. The number of rotatable bonds is 9. The molecule has 1 aliphatic heterocycles. The average molecular weight is 665 g/mol. The van der Waals surface area contributed by atoms with Crippen LogP contribution in [0.5, 0.6) is 17.2 Å². The highest BCUT2D eigenvalue weighted by molar-refractivity contribution is 7.07. The Bertz CT molecular complexity index is 2230. The van der Waals surface area contributed by atoms with Gasteiger partial charge in [0, 0.05) is 24.2 Å². The number of ether oxygens (including phenoxy) is 4. The maximum atomic E-state index is 14.3. The number of methoxy groups -OCH3 is 2. The number of thiazole rings is 1. The predicted molar refractivity (Wildman–Crippen MR) is 180 cm³/mol. The quantitative estimate of drug-likeness (QED) is 0.166. The van der Waals surface area contributed by atoms with Gasteiger partial charge in [-0.15, -0.1) is 0 Å². The van der Waals surface area contributed by atoms with E-state index in [0.29, 0.717) is 38.5 Å². The molecule has 0 saturated heterocycles. The molecule has 12 heteroatoms. The third-order valence-electron chi connectivity index (χ3n) is 7.67. The zero-order valence-electron chi connectivity index (χ0n) is 26.9. The topological polar surface area (TPSA) is 123 Å². The summed E-state index contributed by atoms with van der Waals surface area (Å²) in [5.74, 6) is 0.0735. The van der Waals surface area contributed by atoms with Crippen LogP contribution in [-0.4, -0.2) is 47.1 Å². The van der Waals surface area contributed by atoms with E-state index in [-0.39, 0.29) is 22.6 Å². The van der Waals surface area contributed by atoms with E-state index < -0.39 is 18.0 Å². The van der Waals surface area contributed by atoms with Gasteiger partial charge in [-0.2, -0.15) is 5.10 Å². The molecule has 0 saturated carbocycles. The minimum Gasteiger partial charge on any atom is -0.494 e. The lowest BCUT2D eigenvalue weighted by Gasteiger charge is -2.25. The SMILES string of the molecule is CCOc1ccc(-c2nn(-c3ccccc3)cc2/C=c2\sc3n(c2=O)[C@H](c2ccc(OC(C)=O)c(OC)c2)C(C(=O)OC)=C(C)N=3)cc1. The van der Waals surface area contributed by atoms with Gasteiger partial charge in [0.2, 0.25) is 0 Å². The van der Waals surface area contributed by atoms with Gasteiger partial charge in [0.05, 0.1) is 48.4 Å². The first-order valence-electron chi connectivity index (χ1n) is 15.1. The molecular formula is C36H32N4O7S. The van der Waals surface area contributed by atoms with Gasteiger partial charge in [0.15, 0.2) is 16.3 Å². The molecule has 0 unspecified atom stereocenters. The van der Waals surface area contributed by atoms with Crippen LogP contribution >= 0.6 is 11.3 Å². The molecule has 11 nitrogen and oxygen atoms in total. The van der Waals surface area contributed by atoms with Gasteiger partial charge in [-0.1, -0.05) is 35.6 Å². The fourth-order valence-corrected chi connectivity index (χ4v) is 6.59. The van der Waals surface area contributed by atoms with Crippen molar-refractivity contribution >= 4 is 29.4 Å². The van der Waals surface area contributed by atoms with E-state index in [4.69, 9.17) is 24.0 Å². The molecule has 0 aliphatic carbocycles. The number of hydrogen-bond acceptors (Lipinski definition) is 10. The number of carbonyl (C=O) groups excluding carboxylic acids is 2. The van der Waals surface area contributed by atoms with Crippen LogP contribution in [0.1, 0.15) is 37.9 Å². The third-order valence-corrected chi connectivity index (χ3v) is 8.66. The summed E-state index contributed by atoms with van der Waals surface area (Å²) in [4.78, 5) is 44.2. The maximum Gasteiger partial charge on any atom is 0.338 e. The van der Waals surface area contributed by atoms with Gasteiger partial charge in [0.1, 0.15) is 11.4 Å². The number of benzene rings is 3. The van der Waals surface area contributed by atoms with E-state index in [1.807, 2.05) is 67.7 Å². The lowest BCUT2D eigenvalue weighted by Crippen LogP contribution is -2.39. The van der Waals surface area contributed by atoms with E-state index in [0.717, 1.165) is 17.0 Å². The third kappa shape index (κ3) is 6.17. The Hall–Kier alpha value is -5.75. The highest BCUT2D eigenvalue weighted by Gasteiger charge is 2.34. The van der Waals surface area contributed by atoms with Crippen LogP contribution in [0.3, 0.4) is 0 Å².